The van der Waals surface area contributed by atoms with Crippen molar-refractivity contribution < 1.29 is 9.15 Å². The molecule has 0 atom stereocenters. The van der Waals surface area contributed by atoms with Gasteiger partial charge in [0.05, 0.1) is 0 Å². The summed E-state index contributed by atoms with van der Waals surface area (Å²) in [4.78, 5) is 0. The van der Waals surface area contributed by atoms with Crippen LogP contribution in [0.3, 0.4) is 0 Å². The van der Waals surface area contributed by atoms with Crippen molar-refractivity contribution in [2.45, 2.75) is 45.6 Å². The number of aromatic nitrogens is 2. The fourth-order valence-electron chi connectivity index (χ4n) is 1.86. The van der Waals surface area contributed by atoms with Gasteiger partial charge in [-0.1, -0.05) is 32.9 Å². The van der Waals surface area contributed by atoms with Crippen LogP contribution in [-0.4, -0.2) is 16.1 Å². The topological polar surface area (TPSA) is 48.2 Å². The lowest BCUT2D eigenvalue weighted by Gasteiger charge is -2.19. The highest BCUT2D eigenvalue weighted by atomic mass is 35.5. The molecule has 0 saturated heterocycles. The Morgan fingerprint density at radius 1 is 1.10 bits per heavy atom. The molecule has 0 radical (unpaired) electrons. The molecule has 4 nitrogen and oxygen atoms in total. The van der Waals surface area contributed by atoms with Crippen LogP contribution in [0, 0.1) is 0 Å². The normalized spacial score (nSPS) is 11.6. The second-order valence-corrected chi connectivity index (χ2v) is 6.32. The summed E-state index contributed by atoms with van der Waals surface area (Å²) in [6, 6.07) is 8.08. The fourth-order valence-corrected chi connectivity index (χ4v) is 2.00. The molecule has 1 heterocycles. The van der Waals surface area contributed by atoms with Gasteiger partial charge in [0.25, 0.3) is 5.89 Å². The zero-order valence-electron chi connectivity index (χ0n) is 12.7. The molecule has 1 aromatic carbocycles. The lowest BCUT2D eigenvalue weighted by molar-refractivity contribution is 0.258. The van der Waals surface area contributed by atoms with E-state index >= 15 is 0 Å². The molecule has 0 spiro atoms. The van der Waals surface area contributed by atoms with Crippen LogP contribution in [0.15, 0.2) is 28.7 Å². The number of nitrogens with zero attached hydrogens (tertiary/aromatic N) is 2. The number of halogens is 1. The molecule has 1 aromatic heterocycles. The number of aryl methyl sites for hydroxylation is 1. The van der Waals surface area contributed by atoms with Crippen LogP contribution >= 0.6 is 11.6 Å². The summed E-state index contributed by atoms with van der Waals surface area (Å²) in [5.41, 5.74) is 1.42. The van der Waals surface area contributed by atoms with Crippen molar-refractivity contribution in [2.75, 3.05) is 5.88 Å². The summed E-state index contributed by atoms with van der Waals surface area (Å²) >= 11 is 5.63. The van der Waals surface area contributed by atoms with Crippen LogP contribution in [-0.2, 0) is 18.4 Å². The predicted molar refractivity (Wildman–Crippen MR) is 82.8 cm³/mol. The van der Waals surface area contributed by atoms with Crippen molar-refractivity contribution >= 4 is 11.6 Å². The molecule has 114 valence electrons. The maximum absolute atomic E-state index is 5.66. The maximum Gasteiger partial charge on any atom is 0.253 e. The van der Waals surface area contributed by atoms with Gasteiger partial charge < -0.3 is 9.15 Å². The van der Waals surface area contributed by atoms with Gasteiger partial charge in [0.1, 0.15) is 5.75 Å². The molecule has 5 heteroatoms. The zero-order valence-corrected chi connectivity index (χ0v) is 13.5. The van der Waals surface area contributed by atoms with Gasteiger partial charge in [0, 0.05) is 12.3 Å². The van der Waals surface area contributed by atoms with Crippen LogP contribution in [0.5, 0.6) is 5.75 Å². The second-order valence-electron chi connectivity index (χ2n) is 5.95. The first-order valence-corrected chi connectivity index (χ1v) is 7.63. The van der Waals surface area contributed by atoms with E-state index in [1.54, 1.807) is 0 Å². The maximum atomic E-state index is 5.66. The summed E-state index contributed by atoms with van der Waals surface area (Å²) < 4.78 is 11.1. The number of ether oxygens (including phenoxy) is 1. The molecule has 0 aliphatic carbocycles. The van der Waals surface area contributed by atoms with E-state index in [1.807, 2.05) is 12.1 Å². The Morgan fingerprint density at radius 3 is 2.38 bits per heavy atom. The van der Waals surface area contributed by atoms with Crippen molar-refractivity contribution in [1.82, 2.24) is 10.2 Å². The SMILES string of the molecule is CC(C)(C)c1ccc(OCc2nnc(CCCCl)o2)cc1. The van der Waals surface area contributed by atoms with Gasteiger partial charge in [-0.15, -0.1) is 21.8 Å². The Balaban J connectivity index is 1.89. The number of hydrogen-bond acceptors (Lipinski definition) is 4. The van der Waals surface area contributed by atoms with Crippen LogP contribution < -0.4 is 4.74 Å². The molecular weight excluding hydrogens is 288 g/mol. The molecule has 0 saturated carbocycles. The molecule has 21 heavy (non-hydrogen) atoms. The summed E-state index contributed by atoms with van der Waals surface area (Å²) in [6.45, 7) is 6.83. The summed E-state index contributed by atoms with van der Waals surface area (Å²) in [5, 5.41) is 7.91. The Kier molecular flexibility index (Phi) is 5.23. The van der Waals surface area contributed by atoms with Crippen molar-refractivity contribution in [3.63, 3.8) is 0 Å². The van der Waals surface area contributed by atoms with E-state index in [1.165, 1.54) is 5.56 Å². The summed E-state index contributed by atoms with van der Waals surface area (Å²) in [7, 11) is 0. The number of alkyl halides is 1. The smallest absolute Gasteiger partial charge is 0.253 e. The Labute approximate surface area is 130 Å². The first-order valence-electron chi connectivity index (χ1n) is 7.09. The molecule has 0 amide bonds. The molecule has 0 unspecified atom stereocenters. The summed E-state index contributed by atoms with van der Waals surface area (Å²) in [5.74, 6) is 2.48. The third kappa shape index (κ3) is 4.74. The fraction of sp³-hybridized carbons (Fsp3) is 0.500. The molecule has 0 N–H and O–H groups in total. The lowest BCUT2D eigenvalue weighted by atomic mass is 9.87. The highest BCUT2D eigenvalue weighted by molar-refractivity contribution is 6.17. The van der Waals surface area contributed by atoms with E-state index < -0.39 is 0 Å². The average Bonchev–Trinajstić information content (AvgIpc) is 2.90. The third-order valence-electron chi connectivity index (χ3n) is 3.12. The minimum atomic E-state index is 0.141. The minimum Gasteiger partial charge on any atom is -0.484 e. The van der Waals surface area contributed by atoms with Crippen molar-refractivity contribution in [3.05, 3.63) is 41.6 Å². The summed E-state index contributed by atoms with van der Waals surface area (Å²) in [6.07, 6.45) is 1.54. The molecule has 0 aliphatic heterocycles. The standard InChI is InChI=1S/C16H21ClN2O2/c1-16(2,3)12-6-8-13(9-7-12)20-11-15-19-18-14(21-15)5-4-10-17/h6-9H,4-5,10-11H2,1-3H3. The molecule has 2 aromatic rings. The first-order chi connectivity index (χ1) is 9.99. The van der Waals surface area contributed by atoms with Gasteiger partial charge in [0.2, 0.25) is 5.89 Å². The molecule has 0 aliphatic rings. The Bertz CT molecular complexity index is 558. The van der Waals surface area contributed by atoms with Crippen LogP contribution in [0.4, 0.5) is 0 Å². The number of benzene rings is 1. The lowest BCUT2D eigenvalue weighted by Crippen LogP contribution is -2.10. The highest BCUT2D eigenvalue weighted by Gasteiger charge is 2.13. The zero-order chi connectivity index (χ0) is 15.3. The van der Waals surface area contributed by atoms with E-state index in [4.69, 9.17) is 20.8 Å². The van der Waals surface area contributed by atoms with E-state index in [9.17, 15) is 0 Å². The Hall–Kier alpha value is -1.55. The van der Waals surface area contributed by atoms with Gasteiger partial charge in [-0.3, -0.25) is 0 Å². The average molecular weight is 309 g/mol. The molecule has 0 fully saturated rings. The number of rotatable bonds is 6. The van der Waals surface area contributed by atoms with Gasteiger partial charge in [-0.2, -0.15) is 0 Å². The predicted octanol–water partition coefficient (Wildman–Crippen LogP) is 4.12. The minimum absolute atomic E-state index is 0.141. The quantitative estimate of drug-likeness (QED) is 0.753. The Morgan fingerprint density at radius 2 is 1.76 bits per heavy atom. The van der Waals surface area contributed by atoms with Gasteiger partial charge in [-0.05, 0) is 29.5 Å². The van der Waals surface area contributed by atoms with E-state index in [-0.39, 0.29) is 12.0 Å². The van der Waals surface area contributed by atoms with Crippen molar-refractivity contribution in [2.24, 2.45) is 0 Å². The van der Waals surface area contributed by atoms with Crippen molar-refractivity contribution in [1.29, 1.82) is 0 Å². The highest BCUT2D eigenvalue weighted by Crippen LogP contribution is 2.24. The van der Waals surface area contributed by atoms with Crippen molar-refractivity contribution in [3.8, 4) is 5.75 Å². The van der Waals surface area contributed by atoms with Gasteiger partial charge in [0.15, 0.2) is 6.61 Å². The van der Waals surface area contributed by atoms with Crippen LogP contribution in [0.2, 0.25) is 0 Å². The second kappa shape index (κ2) is 6.94. The number of hydrogen-bond donors (Lipinski definition) is 0. The first kappa shape index (κ1) is 15.8. The van der Waals surface area contributed by atoms with E-state index in [0.717, 1.165) is 12.2 Å². The monoisotopic (exact) mass is 308 g/mol. The molecule has 0 bridgehead atoms. The van der Waals surface area contributed by atoms with Crippen LogP contribution in [0.1, 0.15) is 44.5 Å². The molecular formula is C16H21ClN2O2. The van der Waals surface area contributed by atoms with Gasteiger partial charge >= 0.3 is 0 Å². The third-order valence-corrected chi connectivity index (χ3v) is 3.38. The van der Waals surface area contributed by atoms with Gasteiger partial charge in [-0.25, -0.2) is 0 Å². The van der Waals surface area contributed by atoms with E-state index in [0.29, 0.717) is 24.1 Å². The molecule has 2 rings (SSSR count). The van der Waals surface area contributed by atoms with Crippen LogP contribution in [0.25, 0.3) is 0 Å². The largest absolute Gasteiger partial charge is 0.484 e. The van der Waals surface area contributed by atoms with E-state index in [2.05, 4.69) is 43.1 Å².